The van der Waals surface area contributed by atoms with Gasteiger partial charge in [-0.05, 0) is 104 Å². The minimum Gasteiger partial charge on any atom is -0.481 e. The Morgan fingerprint density at radius 1 is 1.00 bits per heavy atom. The molecule has 4 fully saturated rings. The number of carboxylic acid groups (broad SMARTS) is 1. The highest BCUT2D eigenvalue weighted by molar-refractivity contribution is 5.66. The van der Waals surface area contributed by atoms with E-state index in [-0.39, 0.29) is 29.5 Å². The van der Waals surface area contributed by atoms with Crippen LogP contribution in [0.3, 0.4) is 0 Å². The molecule has 3 N–H and O–H groups in total. The van der Waals surface area contributed by atoms with Gasteiger partial charge in [0.05, 0.1) is 12.2 Å². The fraction of sp³-hybridized carbons (Fsp3) is 0.958. The van der Waals surface area contributed by atoms with Crippen molar-refractivity contribution in [2.24, 2.45) is 46.3 Å². The van der Waals surface area contributed by atoms with Crippen LogP contribution in [0.5, 0.6) is 0 Å². The Hall–Kier alpha value is -0.610. The zero-order valence-electron chi connectivity index (χ0n) is 17.9. The summed E-state index contributed by atoms with van der Waals surface area (Å²) in [6, 6.07) is 0. The molecule has 0 amide bonds. The van der Waals surface area contributed by atoms with Crippen molar-refractivity contribution in [2.45, 2.75) is 97.2 Å². The van der Waals surface area contributed by atoms with Gasteiger partial charge in [-0.25, -0.2) is 0 Å². The Labute approximate surface area is 170 Å². The molecule has 28 heavy (non-hydrogen) atoms. The van der Waals surface area contributed by atoms with Gasteiger partial charge in [-0.15, -0.1) is 0 Å². The summed E-state index contributed by atoms with van der Waals surface area (Å²) < 4.78 is 0. The van der Waals surface area contributed by atoms with Crippen molar-refractivity contribution in [3.8, 4) is 0 Å². The summed E-state index contributed by atoms with van der Waals surface area (Å²) in [6.07, 6.45) is 9.19. The van der Waals surface area contributed by atoms with E-state index in [4.69, 9.17) is 5.11 Å². The zero-order chi connectivity index (χ0) is 20.3. The van der Waals surface area contributed by atoms with Gasteiger partial charge in [0.1, 0.15) is 0 Å². The Bertz CT molecular complexity index is 605. The van der Waals surface area contributed by atoms with Gasteiger partial charge in [-0.2, -0.15) is 0 Å². The summed E-state index contributed by atoms with van der Waals surface area (Å²) in [5.41, 5.74) is 0.523. The first-order valence-electron chi connectivity index (χ1n) is 11.7. The summed E-state index contributed by atoms with van der Waals surface area (Å²) in [5, 5.41) is 30.5. The smallest absolute Gasteiger partial charge is 0.303 e. The SMILES string of the molecule is C[C@H](CCC(=O)O)[C@H]1CC[C@@H]2[C@@H]3[C@H](O)C[C@H]4C[C@H](O)CC[C@]4(C)[C@@H]3CC[C@@]21C. The van der Waals surface area contributed by atoms with Crippen LogP contribution in [-0.2, 0) is 4.79 Å². The molecule has 0 unspecified atom stereocenters. The molecule has 0 aromatic heterocycles. The fourth-order valence-electron chi connectivity index (χ4n) is 8.73. The first-order chi connectivity index (χ1) is 13.2. The Kier molecular flexibility index (Phi) is 5.36. The van der Waals surface area contributed by atoms with Gasteiger partial charge in [0.15, 0.2) is 0 Å². The molecule has 4 heteroatoms. The number of aliphatic hydroxyl groups excluding tert-OH is 2. The van der Waals surface area contributed by atoms with E-state index in [1.807, 2.05) is 0 Å². The number of fused-ring (bicyclic) bond motifs is 5. The van der Waals surface area contributed by atoms with Crippen molar-refractivity contribution in [3.63, 3.8) is 0 Å². The third kappa shape index (κ3) is 3.14. The molecule has 0 heterocycles. The number of carbonyl (C=O) groups is 1. The normalized spacial score (nSPS) is 51.7. The van der Waals surface area contributed by atoms with Crippen molar-refractivity contribution in [1.82, 2.24) is 0 Å². The van der Waals surface area contributed by atoms with Gasteiger partial charge in [-0.3, -0.25) is 4.79 Å². The minimum absolute atomic E-state index is 0.179. The number of aliphatic carboxylic acids is 1. The van der Waals surface area contributed by atoms with Gasteiger partial charge in [0, 0.05) is 6.42 Å². The molecule has 0 spiro atoms. The number of carboxylic acids is 1. The van der Waals surface area contributed by atoms with Crippen LogP contribution in [0, 0.1) is 46.3 Å². The Morgan fingerprint density at radius 3 is 2.39 bits per heavy atom. The van der Waals surface area contributed by atoms with Crippen LogP contribution in [0.1, 0.15) is 85.0 Å². The minimum atomic E-state index is -0.684. The van der Waals surface area contributed by atoms with Crippen LogP contribution < -0.4 is 0 Å². The van der Waals surface area contributed by atoms with Crippen LogP contribution in [-0.4, -0.2) is 33.5 Å². The lowest BCUT2D eigenvalue weighted by atomic mass is 9.43. The van der Waals surface area contributed by atoms with E-state index in [0.29, 0.717) is 35.5 Å². The van der Waals surface area contributed by atoms with E-state index in [1.54, 1.807) is 0 Å². The summed E-state index contributed by atoms with van der Waals surface area (Å²) >= 11 is 0. The van der Waals surface area contributed by atoms with Gasteiger partial charge in [-0.1, -0.05) is 20.8 Å². The van der Waals surface area contributed by atoms with E-state index in [2.05, 4.69) is 20.8 Å². The molecule has 4 aliphatic carbocycles. The largest absolute Gasteiger partial charge is 0.481 e. The number of hydrogen-bond acceptors (Lipinski definition) is 3. The highest BCUT2D eigenvalue weighted by atomic mass is 16.4. The fourth-order valence-corrected chi connectivity index (χ4v) is 8.73. The Morgan fingerprint density at radius 2 is 1.68 bits per heavy atom. The number of aliphatic hydroxyl groups is 2. The van der Waals surface area contributed by atoms with Crippen molar-refractivity contribution < 1.29 is 20.1 Å². The molecule has 0 aromatic rings. The predicted octanol–water partition coefficient (Wildman–Crippen LogP) is 4.48. The topological polar surface area (TPSA) is 77.8 Å². The summed E-state index contributed by atoms with van der Waals surface area (Å²) in [6.45, 7) is 7.16. The summed E-state index contributed by atoms with van der Waals surface area (Å²) in [7, 11) is 0. The van der Waals surface area contributed by atoms with Crippen LogP contribution in [0.15, 0.2) is 0 Å². The van der Waals surface area contributed by atoms with Gasteiger partial charge < -0.3 is 15.3 Å². The molecular weight excluding hydrogens is 352 g/mol. The molecule has 4 aliphatic rings. The highest BCUT2D eigenvalue weighted by Gasteiger charge is 2.62. The highest BCUT2D eigenvalue weighted by Crippen LogP contribution is 2.68. The van der Waals surface area contributed by atoms with Gasteiger partial charge in [0.2, 0.25) is 0 Å². The molecule has 10 atom stereocenters. The molecule has 4 rings (SSSR count). The maximum atomic E-state index is 11.2. The molecular formula is C24H40O4. The second kappa shape index (κ2) is 7.27. The maximum Gasteiger partial charge on any atom is 0.303 e. The number of rotatable bonds is 4. The average molecular weight is 393 g/mol. The van der Waals surface area contributed by atoms with Crippen molar-refractivity contribution in [3.05, 3.63) is 0 Å². The average Bonchev–Trinajstić information content (AvgIpc) is 2.98. The second-order valence-electron chi connectivity index (χ2n) is 11.4. The van der Waals surface area contributed by atoms with Gasteiger partial charge >= 0.3 is 5.97 Å². The quantitative estimate of drug-likeness (QED) is 0.659. The van der Waals surface area contributed by atoms with E-state index in [0.717, 1.165) is 32.1 Å². The summed E-state index contributed by atoms with van der Waals surface area (Å²) in [5.74, 6) is 2.36. The van der Waals surface area contributed by atoms with E-state index in [1.165, 1.54) is 25.7 Å². The lowest BCUT2D eigenvalue weighted by molar-refractivity contribution is -0.174. The van der Waals surface area contributed by atoms with Crippen LogP contribution in [0.25, 0.3) is 0 Å². The van der Waals surface area contributed by atoms with Crippen LogP contribution in [0.4, 0.5) is 0 Å². The van der Waals surface area contributed by atoms with E-state index < -0.39 is 5.97 Å². The molecule has 4 saturated carbocycles. The van der Waals surface area contributed by atoms with E-state index in [9.17, 15) is 15.0 Å². The molecule has 0 aromatic carbocycles. The first kappa shape index (κ1) is 20.7. The lowest BCUT2D eigenvalue weighted by Gasteiger charge is -2.62. The molecule has 0 aliphatic heterocycles. The molecule has 4 nitrogen and oxygen atoms in total. The summed E-state index contributed by atoms with van der Waals surface area (Å²) in [4.78, 5) is 11.1. The van der Waals surface area contributed by atoms with Gasteiger partial charge in [0.25, 0.3) is 0 Å². The van der Waals surface area contributed by atoms with Crippen molar-refractivity contribution in [2.75, 3.05) is 0 Å². The third-order valence-electron chi connectivity index (χ3n) is 10.2. The monoisotopic (exact) mass is 392 g/mol. The number of hydrogen-bond donors (Lipinski definition) is 3. The Balaban J connectivity index is 1.55. The third-order valence-corrected chi connectivity index (χ3v) is 10.2. The zero-order valence-corrected chi connectivity index (χ0v) is 17.9. The lowest BCUT2D eigenvalue weighted by Crippen LogP contribution is -2.58. The van der Waals surface area contributed by atoms with Crippen molar-refractivity contribution in [1.29, 1.82) is 0 Å². The second-order valence-corrected chi connectivity index (χ2v) is 11.4. The van der Waals surface area contributed by atoms with Crippen molar-refractivity contribution >= 4 is 5.97 Å². The molecule has 0 radical (unpaired) electrons. The van der Waals surface area contributed by atoms with Crippen LogP contribution in [0.2, 0.25) is 0 Å². The molecule has 0 saturated heterocycles. The maximum absolute atomic E-state index is 11.2. The molecule has 0 bridgehead atoms. The van der Waals surface area contributed by atoms with Crippen LogP contribution >= 0.6 is 0 Å². The predicted molar refractivity (Wildman–Crippen MR) is 109 cm³/mol. The molecule has 160 valence electrons. The first-order valence-corrected chi connectivity index (χ1v) is 11.7. The standard InChI is InChI=1S/C24H40O4/c1-14(4-7-21(27)28)17-5-6-18-22-19(9-11-24(17,18)3)23(2)10-8-16(25)12-15(23)13-20(22)26/h14-20,22,25-26H,4-13H2,1-3H3,(H,27,28)/t14-,15-,16-,17-,18-,19-,20-,22+,23+,24-/m1/s1. The van der Waals surface area contributed by atoms with E-state index >= 15 is 0 Å².